The van der Waals surface area contributed by atoms with Crippen molar-refractivity contribution < 1.29 is 23.9 Å². The van der Waals surface area contributed by atoms with Crippen molar-refractivity contribution in [1.82, 2.24) is 0 Å². The molecule has 0 amide bonds. The summed E-state index contributed by atoms with van der Waals surface area (Å²) < 4.78 is 6.00. The first-order chi connectivity index (χ1) is 16.2. The maximum absolute atomic E-state index is 12.1. The van der Waals surface area contributed by atoms with Crippen LogP contribution in [0.4, 0.5) is 0 Å². The minimum atomic E-state index is -0.927. The van der Waals surface area contributed by atoms with Crippen LogP contribution in [0.25, 0.3) is 0 Å². The van der Waals surface area contributed by atoms with Gasteiger partial charge in [-0.15, -0.1) is 0 Å². The van der Waals surface area contributed by atoms with E-state index in [2.05, 4.69) is 31.2 Å². The number of carboxylic acids is 1. The van der Waals surface area contributed by atoms with Gasteiger partial charge in [0.25, 0.3) is 0 Å². The molecule has 0 spiro atoms. The molecule has 0 aliphatic carbocycles. The molecule has 0 aliphatic rings. The van der Waals surface area contributed by atoms with Gasteiger partial charge in [0.15, 0.2) is 6.10 Å². The molecule has 34 heavy (non-hydrogen) atoms. The Morgan fingerprint density at radius 1 is 0.765 bits per heavy atom. The van der Waals surface area contributed by atoms with E-state index in [1.54, 1.807) is 0 Å². The van der Waals surface area contributed by atoms with Gasteiger partial charge in [0.2, 0.25) is 0 Å². The minimum absolute atomic E-state index is 0.130. The molecule has 5 heteroatoms. The number of carbonyl (C=O) groups is 2. The van der Waals surface area contributed by atoms with Gasteiger partial charge in [-0.1, -0.05) is 95.4 Å². The number of esters is 1. The smallest absolute Gasteiger partial charge is 0.307 e. The normalized spacial score (nSPS) is 13.1. The fourth-order valence-electron chi connectivity index (χ4n) is 4.00. The molecule has 0 saturated heterocycles. The van der Waals surface area contributed by atoms with Crippen LogP contribution in [-0.2, 0) is 14.3 Å². The van der Waals surface area contributed by atoms with Crippen molar-refractivity contribution in [2.45, 2.75) is 122 Å². The number of rotatable bonds is 23. The van der Waals surface area contributed by atoms with Crippen LogP contribution in [0, 0.1) is 0 Å². The molecule has 198 valence electrons. The summed E-state index contributed by atoms with van der Waals surface area (Å²) in [6.07, 6.45) is 27.1. The third kappa shape index (κ3) is 25.0. The average molecular weight is 481 g/mol. The van der Waals surface area contributed by atoms with Crippen LogP contribution in [0.1, 0.15) is 116 Å². The van der Waals surface area contributed by atoms with Gasteiger partial charge < -0.3 is 14.3 Å². The first-order valence-corrected chi connectivity index (χ1v) is 13.8. The molecule has 0 radical (unpaired) electrons. The number of hydrogen-bond acceptors (Lipinski definition) is 3. The summed E-state index contributed by atoms with van der Waals surface area (Å²) in [5.74, 6) is -1.19. The second-order valence-electron chi connectivity index (χ2n) is 10.6. The van der Waals surface area contributed by atoms with Crippen molar-refractivity contribution in [2.75, 3.05) is 27.7 Å². The van der Waals surface area contributed by atoms with Crippen LogP contribution in [0.5, 0.6) is 0 Å². The Balaban J connectivity index is 3.56. The van der Waals surface area contributed by atoms with Crippen molar-refractivity contribution in [3.8, 4) is 0 Å². The second-order valence-corrected chi connectivity index (χ2v) is 10.6. The lowest BCUT2D eigenvalue weighted by molar-refractivity contribution is -0.873. The highest BCUT2D eigenvalue weighted by Crippen LogP contribution is 2.13. The number of unbranched alkanes of at least 4 members (excludes halogenated alkanes) is 13. The van der Waals surface area contributed by atoms with Crippen molar-refractivity contribution in [3.63, 3.8) is 0 Å². The molecule has 0 saturated carbocycles. The average Bonchev–Trinajstić information content (AvgIpc) is 2.73. The molecule has 0 heterocycles. The van der Waals surface area contributed by atoms with E-state index in [0.717, 1.165) is 19.3 Å². The number of carbonyl (C=O) groups excluding carboxylic acids is 1. The highest BCUT2D eigenvalue weighted by Gasteiger charge is 2.24. The highest BCUT2D eigenvalue weighted by molar-refractivity contribution is 5.71. The minimum Gasteiger partial charge on any atom is -0.481 e. The lowest BCUT2D eigenvalue weighted by Gasteiger charge is -2.28. The van der Waals surface area contributed by atoms with E-state index in [-0.39, 0.29) is 12.4 Å². The second kappa shape index (κ2) is 21.9. The zero-order chi connectivity index (χ0) is 25.5. The van der Waals surface area contributed by atoms with Gasteiger partial charge in [-0.3, -0.25) is 9.59 Å². The van der Waals surface area contributed by atoms with E-state index in [9.17, 15) is 9.59 Å². The third-order valence-corrected chi connectivity index (χ3v) is 5.81. The number of quaternary nitrogens is 1. The van der Waals surface area contributed by atoms with Crippen molar-refractivity contribution in [1.29, 1.82) is 0 Å². The molecule has 1 unspecified atom stereocenters. The zero-order valence-electron chi connectivity index (χ0n) is 22.7. The van der Waals surface area contributed by atoms with Crippen LogP contribution in [0.3, 0.4) is 0 Å². The van der Waals surface area contributed by atoms with E-state index in [4.69, 9.17) is 9.84 Å². The predicted molar refractivity (Wildman–Crippen MR) is 143 cm³/mol. The van der Waals surface area contributed by atoms with Crippen LogP contribution in [0.2, 0.25) is 0 Å². The number of hydrogen-bond donors (Lipinski definition) is 1. The Bertz CT molecular complexity index is 563. The summed E-state index contributed by atoms with van der Waals surface area (Å²) >= 11 is 0. The highest BCUT2D eigenvalue weighted by atomic mass is 16.5. The molecule has 1 N–H and O–H groups in total. The quantitative estimate of drug-likeness (QED) is 0.0713. The molecular weight excluding hydrogens is 426 g/mol. The van der Waals surface area contributed by atoms with Gasteiger partial charge in [0.05, 0.1) is 27.6 Å². The number of aliphatic carboxylic acids is 1. The van der Waals surface area contributed by atoms with E-state index in [1.165, 1.54) is 77.0 Å². The molecule has 0 bridgehead atoms. The van der Waals surface area contributed by atoms with Gasteiger partial charge in [-0.25, -0.2) is 0 Å². The number of ether oxygens (including phenoxy) is 1. The van der Waals surface area contributed by atoms with Gasteiger partial charge in [-0.05, 0) is 32.1 Å². The van der Waals surface area contributed by atoms with E-state index in [0.29, 0.717) is 17.4 Å². The summed E-state index contributed by atoms with van der Waals surface area (Å²) in [5, 5.41) is 9.04. The summed E-state index contributed by atoms with van der Waals surface area (Å²) in [6, 6.07) is 0. The molecule has 0 aromatic carbocycles. The number of nitrogens with zero attached hydrogens (tertiary/aromatic N) is 1. The molecule has 5 nitrogen and oxygen atoms in total. The molecular formula is C29H54NO4+. The van der Waals surface area contributed by atoms with Gasteiger partial charge in [0, 0.05) is 6.42 Å². The molecule has 1 atom stereocenters. The summed E-state index contributed by atoms with van der Waals surface area (Å²) in [7, 11) is 5.90. The number of carboxylic acid groups (broad SMARTS) is 1. The molecule has 0 aliphatic heterocycles. The largest absolute Gasteiger partial charge is 0.481 e. The number of likely N-dealkylation sites (N-methyl/N-ethyl adjacent to an activating group) is 1. The van der Waals surface area contributed by atoms with Gasteiger partial charge in [0.1, 0.15) is 6.54 Å². The lowest BCUT2D eigenvalue weighted by Crippen LogP contribution is -2.43. The Labute approximate surface area is 210 Å². The summed E-state index contributed by atoms with van der Waals surface area (Å²) in [6.45, 7) is 2.75. The fourth-order valence-corrected chi connectivity index (χ4v) is 4.00. The summed E-state index contributed by atoms with van der Waals surface area (Å²) in [5.41, 5.74) is 0. The van der Waals surface area contributed by atoms with Crippen molar-refractivity contribution in [2.24, 2.45) is 0 Å². The first kappa shape index (κ1) is 32.4. The van der Waals surface area contributed by atoms with Crippen LogP contribution in [0.15, 0.2) is 24.3 Å². The van der Waals surface area contributed by atoms with Gasteiger partial charge >= 0.3 is 11.9 Å². The summed E-state index contributed by atoms with van der Waals surface area (Å²) in [4.78, 5) is 23.1. The maximum atomic E-state index is 12.1. The fraction of sp³-hybridized carbons (Fsp3) is 0.793. The van der Waals surface area contributed by atoms with E-state index >= 15 is 0 Å². The van der Waals surface area contributed by atoms with Crippen molar-refractivity contribution >= 4 is 11.9 Å². The molecule has 0 rings (SSSR count). The lowest BCUT2D eigenvalue weighted by atomic mass is 10.1. The SMILES string of the molecule is CCCCC/C=C/C=C/CCCCCCCCCCCCC(=O)OC(CC(=O)O)C[N+](C)(C)C. The first-order valence-electron chi connectivity index (χ1n) is 13.8. The molecule has 0 fully saturated rings. The van der Waals surface area contributed by atoms with Crippen LogP contribution in [-0.4, -0.2) is 55.3 Å². The van der Waals surface area contributed by atoms with Crippen LogP contribution >= 0.6 is 0 Å². The monoisotopic (exact) mass is 480 g/mol. The van der Waals surface area contributed by atoms with E-state index in [1.807, 2.05) is 21.1 Å². The van der Waals surface area contributed by atoms with Crippen LogP contribution < -0.4 is 0 Å². The Kier molecular flexibility index (Phi) is 20.8. The Morgan fingerprint density at radius 3 is 1.71 bits per heavy atom. The van der Waals surface area contributed by atoms with Gasteiger partial charge in [-0.2, -0.15) is 0 Å². The molecule has 0 aromatic rings. The van der Waals surface area contributed by atoms with E-state index < -0.39 is 12.1 Å². The molecule has 0 aromatic heterocycles. The Hall–Kier alpha value is -1.62. The zero-order valence-corrected chi connectivity index (χ0v) is 22.7. The van der Waals surface area contributed by atoms with Crippen molar-refractivity contribution in [3.05, 3.63) is 24.3 Å². The maximum Gasteiger partial charge on any atom is 0.307 e. The standard InChI is InChI=1S/C29H53NO4/c1-5-6-7-8-9-10-11-12-13-14-15-16-17-18-19-20-21-22-23-24-29(33)34-27(25-28(31)32)26-30(2,3)4/h9-12,27H,5-8,13-26H2,1-4H3/p+1/b10-9+,12-11+. The third-order valence-electron chi connectivity index (χ3n) is 5.81. The predicted octanol–water partition coefficient (Wildman–Crippen LogP) is 7.45. The Morgan fingerprint density at radius 2 is 1.24 bits per heavy atom. The number of allylic oxidation sites excluding steroid dienone is 4. The topological polar surface area (TPSA) is 63.6 Å².